The fraction of sp³-hybridized carbons (Fsp3) is 0.500. The third-order valence-electron chi connectivity index (χ3n) is 4.67. The number of thioether (sulfide) groups is 1. The average molecular weight is 493 g/mol. The summed E-state index contributed by atoms with van der Waals surface area (Å²) in [5.74, 6) is -0.711. The van der Waals surface area contributed by atoms with E-state index in [1.54, 1.807) is 11.8 Å². The van der Waals surface area contributed by atoms with Crippen LogP contribution in [0, 0.1) is 11.7 Å². The molecule has 12 heteroatoms. The first-order valence-electron chi connectivity index (χ1n) is 9.48. The lowest BCUT2D eigenvalue weighted by molar-refractivity contribution is -0.120. The van der Waals surface area contributed by atoms with Gasteiger partial charge in [0.25, 0.3) is 0 Å². The van der Waals surface area contributed by atoms with Crippen LogP contribution in [0.3, 0.4) is 0 Å². The van der Waals surface area contributed by atoms with Crippen LogP contribution in [-0.4, -0.2) is 47.7 Å². The summed E-state index contributed by atoms with van der Waals surface area (Å²) < 4.78 is 41.5. The van der Waals surface area contributed by atoms with Crippen molar-refractivity contribution < 1.29 is 17.6 Å². The molecule has 0 bridgehead atoms. The van der Waals surface area contributed by atoms with E-state index in [4.69, 9.17) is 11.6 Å². The number of piperidine rings is 1. The molecule has 0 unspecified atom stereocenters. The molecule has 7 nitrogen and oxygen atoms in total. The number of carbonyl (C=O) groups is 1. The number of amides is 1. The van der Waals surface area contributed by atoms with Gasteiger partial charge in [-0.3, -0.25) is 4.79 Å². The molecule has 0 radical (unpaired) electrons. The second-order valence-electron chi connectivity index (χ2n) is 6.84. The van der Waals surface area contributed by atoms with E-state index in [0.29, 0.717) is 18.0 Å². The summed E-state index contributed by atoms with van der Waals surface area (Å²) in [7, 11) is -3.74. The van der Waals surface area contributed by atoms with Crippen LogP contribution in [0.15, 0.2) is 22.5 Å². The Kier molecular flexibility index (Phi) is 8.08. The number of hydrogen-bond donors (Lipinski definition) is 1. The van der Waals surface area contributed by atoms with Gasteiger partial charge in [0, 0.05) is 35.3 Å². The fourth-order valence-electron chi connectivity index (χ4n) is 3.06. The molecule has 0 aliphatic carbocycles. The first kappa shape index (κ1) is 23.4. The monoisotopic (exact) mass is 492 g/mol. The third-order valence-corrected chi connectivity index (χ3v) is 9.01. The smallest absolute Gasteiger partial charge is 0.229 e. The maximum Gasteiger partial charge on any atom is 0.229 e. The average Bonchev–Trinajstić information content (AvgIpc) is 3.16. The van der Waals surface area contributed by atoms with Crippen molar-refractivity contribution in [3.8, 4) is 0 Å². The van der Waals surface area contributed by atoms with Gasteiger partial charge in [-0.15, -0.1) is 10.2 Å². The minimum absolute atomic E-state index is 0.0351. The van der Waals surface area contributed by atoms with Gasteiger partial charge in [0.2, 0.25) is 21.1 Å². The Balaban J connectivity index is 1.54. The van der Waals surface area contributed by atoms with Crippen LogP contribution < -0.4 is 5.32 Å². The maximum absolute atomic E-state index is 14.0. The van der Waals surface area contributed by atoms with E-state index in [0.717, 1.165) is 16.5 Å². The standard InChI is InChI=1S/C18H22ClFN4O3S3/c1-2-10-28-18-23-22-17(29-18)21-16(25)12-6-8-24(9-7-12)30(26,27)11-13-14(19)4-3-5-15(13)20/h3-5,12H,2,6-11H2,1H3,(H,21,22,25). The molecule has 1 aromatic carbocycles. The Morgan fingerprint density at radius 2 is 2.10 bits per heavy atom. The lowest BCUT2D eigenvalue weighted by Crippen LogP contribution is -2.42. The molecule has 2 heterocycles. The van der Waals surface area contributed by atoms with Crippen molar-refractivity contribution in [3.63, 3.8) is 0 Å². The van der Waals surface area contributed by atoms with Gasteiger partial charge in [-0.25, -0.2) is 17.1 Å². The summed E-state index contributed by atoms with van der Waals surface area (Å²) in [5.41, 5.74) is -0.0351. The molecule has 1 aliphatic rings. The first-order valence-corrected chi connectivity index (χ1v) is 13.3. The summed E-state index contributed by atoms with van der Waals surface area (Å²) in [6, 6.07) is 4.08. The van der Waals surface area contributed by atoms with Crippen LogP contribution >= 0.6 is 34.7 Å². The second kappa shape index (κ2) is 10.4. The highest BCUT2D eigenvalue weighted by Crippen LogP contribution is 2.28. The Morgan fingerprint density at radius 1 is 1.37 bits per heavy atom. The molecular weight excluding hydrogens is 471 g/mol. The molecule has 2 aromatic rings. The number of hydrogen-bond acceptors (Lipinski definition) is 7. The molecule has 0 atom stereocenters. The van der Waals surface area contributed by atoms with Crippen molar-refractivity contribution in [1.82, 2.24) is 14.5 Å². The number of sulfonamides is 1. The van der Waals surface area contributed by atoms with Crippen LogP contribution in [0.2, 0.25) is 5.02 Å². The van der Waals surface area contributed by atoms with E-state index >= 15 is 0 Å². The van der Waals surface area contributed by atoms with Crippen molar-refractivity contribution in [3.05, 3.63) is 34.6 Å². The zero-order valence-electron chi connectivity index (χ0n) is 16.3. The molecule has 1 fully saturated rings. The van der Waals surface area contributed by atoms with Gasteiger partial charge in [-0.1, -0.05) is 47.7 Å². The summed E-state index contributed by atoms with van der Waals surface area (Å²) in [4.78, 5) is 12.5. The van der Waals surface area contributed by atoms with Crippen LogP contribution in [-0.2, 0) is 20.6 Å². The van der Waals surface area contributed by atoms with Gasteiger partial charge in [-0.05, 0) is 31.4 Å². The van der Waals surface area contributed by atoms with Gasteiger partial charge in [0.05, 0.1) is 5.75 Å². The second-order valence-corrected chi connectivity index (χ2v) is 11.5. The number of anilines is 1. The number of halogens is 2. The van der Waals surface area contributed by atoms with Crippen molar-refractivity contribution in [2.45, 2.75) is 36.3 Å². The van der Waals surface area contributed by atoms with Crippen LogP contribution in [0.4, 0.5) is 9.52 Å². The van der Waals surface area contributed by atoms with Crippen molar-refractivity contribution >= 4 is 55.8 Å². The molecule has 1 saturated heterocycles. The Hall–Kier alpha value is -1.27. The molecule has 3 rings (SSSR count). The normalized spacial score (nSPS) is 16.0. The predicted molar refractivity (Wildman–Crippen MR) is 118 cm³/mol. The zero-order valence-corrected chi connectivity index (χ0v) is 19.5. The summed E-state index contributed by atoms with van der Waals surface area (Å²) in [5, 5.41) is 11.3. The maximum atomic E-state index is 14.0. The first-order chi connectivity index (χ1) is 14.3. The summed E-state index contributed by atoms with van der Waals surface area (Å²) in [6.45, 7) is 2.47. The van der Waals surface area contributed by atoms with Crippen LogP contribution in [0.5, 0.6) is 0 Å². The predicted octanol–water partition coefficient (Wildman–Crippen LogP) is 4.01. The lowest BCUT2D eigenvalue weighted by Gasteiger charge is -2.30. The van der Waals surface area contributed by atoms with Gasteiger partial charge >= 0.3 is 0 Å². The largest absolute Gasteiger partial charge is 0.300 e. The quantitative estimate of drug-likeness (QED) is 0.442. The number of carbonyl (C=O) groups excluding carboxylic acids is 1. The van der Waals surface area contributed by atoms with Crippen LogP contribution in [0.1, 0.15) is 31.7 Å². The molecule has 1 aliphatic heterocycles. The van der Waals surface area contributed by atoms with Gasteiger partial charge < -0.3 is 5.32 Å². The van der Waals surface area contributed by atoms with E-state index in [1.807, 2.05) is 0 Å². The molecule has 164 valence electrons. The zero-order chi connectivity index (χ0) is 21.7. The topological polar surface area (TPSA) is 92.3 Å². The van der Waals surface area contributed by atoms with Crippen LogP contribution in [0.25, 0.3) is 0 Å². The highest BCUT2D eigenvalue weighted by atomic mass is 35.5. The molecule has 1 amide bonds. The Bertz CT molecular complexity index is 974. The van der Waals surface area contributed by atoms with E-state index in [2.05, 4.69) is 22.4 Å². The van der Waals surface area contributed by atoms with Crippen molar-refractivity contribution in [2.24, 2.45) is 5.92 Å². The Labute approximate surface area is 188 Å². The Morgan fingerprint density at radius 3 is 2.77 bits per heavy atom. The van der Waals surface area contributed by atoms with E-state index in [1.165, 1.54) is 33.8 Å². The van der Waals surface area contributed by atoms with E-state index < -0.39 is 21.6 Å². The van der Waals surface area contributed by atoms with E-state index in [-0.39, 0.29) is 35.5 Å². The number of benzene rings is 1. The fourth-order valence-corrected chi connectivity index (χ4v) is 6.65. The van der Waals surface area contributed by atoms with Crippen molar-refractivity contribution in [2.75, 3.05) is 24.2 Å². The molecule has 0 saturated carbocycles. The summed E-state index contributed by atoms with van der Waals surface area (Å²) in [6.07, 6.45) is 1.79. The van der Waals surface area contributed by atoms with Gasteiger partial charge in [0.1, 0.15) is 5.82 Å². The lowest BCUT2D eigenvalue weighted by atomic mass is 9.97. The van der Waals surface area contributed by atoms with E-state index in [9.17, 15) is 17.6 Å². The van der Waals surface area contributed by atoms with Crippen molar-refractivity contribution in [1.29, 1.82) is 0 Å². The number of nitrogens with zero attached hydrogens (tertiary/aromatic N) is 3. The highest BCUT2D eigenvalue weighted by Gasteiger charge is 2.32. The van der Waals surface area contributed by atoms with Gasteiger partial charge in [-0.2, -0.15) is 0 Å². The highest BCUT2D eigenvalue weighted by molar-refractivity contribution is 8.01. The SMILES string of the molecule is CCCSc1nnc(NC(=O)C2CCN(S(=O)(=O)Cc3c(F)cccc3Cl)CC2)s1. The minimum atomic E-state index is -3.74. The minimum Gasteiger partial charge on any atom is -0.300 e. The number of nitrogens with one attached hydrogen (secondary N) is 1. The van der Waals surface area contributed by atoms with Gasteiger partial charge in [0.15, 0.2) is 4.34 Å². The molecule has 30 heavy (non-hydrogen) atoms. The molecule has 0 spiro atoms. The number of aromatic nitrogens is 2. The molecular formula is C18H22ClFN4O3S3. The molecule has 1 aromatic heterocycles. The third kappa shape index (κ3) is 5.91. The summed E-state index contributed by atoms with van der Waals surface area (Å²) >= 11 is 8.88. The number of rotatable bonds is 8. The molecule has 1 N–H and O–H groups in total.